The topological polar surface area (TPSA) is 92.7 Å². The third-order valence-electron chi connectivity index (χ3n) is 5.40. The van der Waals surface area contributed by atoms with E-state index in [4.69, 9.17) is 4.74 Å². The van der Waals surface area contributed by atoms with E-state index in [1.807, 2.05) is 19.9 Å². The van der Waals surface area contributed by atoms with Crippen molar-refractivity contribution >= 4 is 15.9 Å². The van der Waals surface area contributed by atoms with Gasteiger partial charge in [-0.25, -0.2) is 13.4 Å². The summed E-state index contributed by atoms with van der Waals surface area (Å²) in [6.07, 6.45) is 1.42. The number of rotatable bonds is 7. The number of benzene rings is 1. The smallest absolute Gasteiger partial charge is 0.253 e. The molecule has 0 unspecified atom stereocenters. The number of hydrogen-bond donors (Lipinski definition) is 0. The standard InChI is InChI=1S/C22H30N4O4S/c1-5-26(6-2)31(28,29)20-9-7-18(8-10-20)22(27)25-13-11-19(12-14-25)30-21-15-16(3)23-17(4)24-21/h7-10,15,19H,5-6,11-14H2,1-4H3. The monoisotopic (exact) mass is 446 g/mol. The number of sulfonamides is 1. The second-order valence-corrected chi connectivity index (χ2v) is 9.56. The van der Waals surface area contributed by atoms with Crippen molar-refractivity contribution in [3.8, 4) is 5.88 Å². The summed E-state index contributed by atoms with van der Waals surface area (Å²) in [4.78, 5) is 23.4. The maximum absolute atomic E-state index is 12.9. The number of amides is 1. The van der Waals surface area contributed by atoms with Gasteiger partial charge in [0.2, 0.25) is 15.9 Å². The largest absolute Gasteiger partial charge is 0.474 e. The summed E-state index contributed by atoms with van der Waals surface area (Å²) in [5.74, 6) is 1.15. The van der Waals surface area contributed by atoms with E-state index in [2.05, 4.69) is 9.97 Å². The first-order valence-electron chi connectivity index (χ1n) is 10.6. The predicted molar refractivity (Wildman–Crippen MR) is 118 cm³/mol. The van der Waals surface area contributed by atoms with Gasteiger partial charge in [0.05, 0.1) is 4.90 Å². The summed E-state index contributed by atoms with van der Waals surface area (Å²) in [5.41, 5.74) is 1.35. The summed E-state index contributed by atoms with van der Waals surface area (Å²) in [6.45, 7) is 9.31. The van der Waals surface area contributed by atoms with Gasteiger partial charge in [0.1, 0.15) is 11.9 Å². The molecule has 1 aromatic carbocycles. The highest BCUT2D eigenvalue weighted by atomic mass is 32.2. The Morgan fingerprint density at radius 3 is 2.26 bits per heavy atom. The molecule has 31 heavy (non-hydrogen) atoms. The Morgan fingerprint density at radius 2 is 1.71 bits per heavy atom. The van der Waals surface area contributed by atoms with E-state index >= 15 is 0 Å². The lowest BCUT2D eigenvalue weighted by Crippen LogP contribution is -2.41. The molecule has 0 aliphatic carbocycles. The van der Waals surface area contributed by atoms with Gasteiger partial charge in [-0.1, -0.05) is 13.8 Å². The van der Waals surface area contributed by atoms with Crippen LogP contribution in [0.25, 0.3) is 0 Å². The van der Waals surface area contributed by atoms with Crippen LogP contribution in [0.3, 0.4) is 0 Å². The van der Waals surface area contributed by atoms with Crippen molar-refractivity contribution in [3.63, 3.8) is 0 Å². The van der Waals surface area contributed by atoms with Crippen molar-refractivity contribution < 1.29 is 17.9 Å². The van der Waals surface area contributed by atoms with Crippen LogP contribution in [0.1, 0.15) is 48.6 Å². The predicted octanol–water partition coefficient (Wildman–Crippen LogP) is 2.81. The normalized spacial score (nSPS) is 15.3. The van der Waals surface area contributed by atoms with Crippen LogP contribution in [0.5, 0.6) is 5.88 Å². The molecule has 1 aliphatic rings. The number of nitrogens with zero attached hydrogens (tertiary/aromatic N) is 4. The molecule has 1 aromatic heterocycles. The molecule has 0 spiro atoms. The molecule has 1 fully saturated rings. The molecule has 1 saturated heterocycles. The SMILES string of the molecule is CCN(CC)S(=O)(=O)c1ccc(C(=O)N2CCC(Oc3cc(C)nc(C)n3)CC2)cc1. The fourth-order valence-corrected chi connectivity index (χ4v) is 5.21. The second kappa shape index (κ2) is 9.74. The molecule has 0 saturated carbocycles. The fourth-order valence-electron chi connectivity index (χ4n) is 3.76. The average molecular weight is 447 g/mol. The molecule has 1 aliphatic heterocycles. The Morgan fingerprint density at radius 1 is 1.10 bits per heavy atom. The van der Waals surface area contributed by atoms with E-state index in [0.717, 1.165) is 5.69 Å². The zero-order chi connectivity index (χ0) is 22.6. The lowest BCUT2D eigenvalue weighted by molar-refractivity contribution is 0.0587. The molecular formula is C22H30N4O4S. The van der Waals surface area contributed by atoms with Crippen molar-refractivity contribution in [1.29, 1.82) is 0 Å². The molecule has 1 amide bonds. The maximum Gasteiger partial charge on any atom is 0.253 e. The third-order valence-corrected chi connectivity index (χ3v) is 7.47. The van der Waals surface area contributed by atoms with Gasteiger partial charge >= 0.3 is 0 Å². The molecule has 0 atom stereocenters. The van der Waals surface area contributed by atoms with Crippen molar-refractivity contribution in [1.82, 2.24) is 19.2 Å². The van der Waals surface area contributed by atoms with Crippen LogP contribution in [0.2, 0.25) is 0 Å². The highest BCUT2D eigenvalue weighted by Gasteiger charge is 2.26. The van der Waals surface area contributed by atoms with Gasteiger partial charge in [-0.15, -0.1) is 0 Å². The number of hydrogen-bond acceptors (Lipinski definition) is 6. The number of carbonyl (C=O) groups is 1. The van der Waals surface area contributed by atoms with Crippen molar-refractivity contribution in [3.05, 3.63) is 47.4 Å². The molecule has 8 nitrogen and oxygen atoms in total. The van der Waals surface area contributed by atoms with Crippen molar-refractivity contribution in [2.24, 2.45) is 0 Å². The van der Waals surface area contributed by atoms with Gasteiger partial charge in [0.15, 0.2) is 0 Å². The first-order chi connectivity index (χ1) is 14.7. The van der Waals surface area contributed by atoms with E-state index in [0.29, 0.717) is 56.3 Å². The number of likely N-dealkylation sites (tertiary alicyclic amines) is 1. The van der Waals surface area contributed by atoms with Gasteiger partial charge in [-0.05, 0) is 38.1 Å². The molecule has 0 radical (unpaired) electrons. The van der Waals surface area contributed by atoms with E-state index in [-0.39, 0.29) is 16.9 Å². The number of aromatic nitrogens is 2. The van der Waals surface area contributed by atoms with Crippen molar-refractivity contribution in [2.45, 2.75) is 51.5 Å². The highest BCUT2D eigenvalue weighted by molar-refractivity contribution is 7.89. The van der Waals surface area contributed by atoms with Gasteiger partial charge in [0, 0.05) is 56.3 Å². The summed E-state index contributed by atoms with van der Waals surface area (Å²) >= 11 is 0. The number of ether oxygens (including phenoxy) is 1. The molecule has 3 rings (SSSR count). The Hall–Kier alpha value is -2.52. The lowest BCUT2D eigenvalue weighted by Gasteiger charge is -2.32. The highest BCUT2D eigenvalue weighted by Crippen LogP contribution is 2.21. The Labute approximate surface area is 184 Å². The minimum atomic E-state index is -3.53. The van der Waals surface area contributed by atoms with Gasteiger partial charge in [0.25, 0.3) is 5.91 Å². The first-order valence-corrected chi connectivity index (χ1v) is 12.1. The Bertz CT molecular complexity index is 992. The molecule has 2 aromatic rings. The molecule has 0 N–H and O–H groups in total. The zero-order valence-corrected chi connectivity index (χ0v) is 19.4. The van der Waals surface area contributed by atoms with Gasteiger partial charge < -0.3 is 9.64 Å². The van der Waals surface area contributed by atoms with E-state index < -0.39 is 10.0 Å². The lowest BCUT2D eigenvalue weighted by atomic mass is 10.1. The Kier molecular flexibility index (Phi) is 7.27. The molecular weight excluding hydrogens is 416 g/mol. The molecule has 168 valence electrons. The first kappa shape index (κ1) is 23.1. The minimum absolute atomic E-state index is 0.000611. The minimum Gasteiger partial charge on any atom is -0.474 e. The van der Waals surface area contributed by atoms with E-state index in [9.17, 15) is 13.2 Å². The summed E-state index contributed by atoms with van der Waals surface area (Å²) in [7, 11) is -3.53. The van der Waals surface area contributed by atoms with E-state index in [1.54, 1.807) is 30.9 Å². The third kappa shape index (κ3) is 5.40. The fraction of sp³-hybridized carbons (Fsp3) is 0.500. The summed E-state index contributed by atoms with van der Waals surface area (Å²) < 4.78 is 32.6. The van der Waals surface area contributed by atoms with Crippen LogP contribution < -0.4 is 4.74 Å². The zero-order valence-electron chi connectivity index (χ0n) is 18.5. The number of carbonyl (C=O) groups excluding carboxylic acids is 1. The number of piperidine rings is 1. The molecule has 9 heteroatoms. The number of aryl methyl sites for hydroxylation is 2. The quantitative estimate of drug-likeness (QED) is 0.649. The van der Waals surface area contributed by atoms with E-state index in [1.165, 1.54) is 16.4 Å². The average Bonchev–Trinajstić information content (AvgIpc) is 2.74. The summed E-state index contributed by atoms with van der Waals surface area (Å²) in [5, 5.41) is 0. The second-order valence-electron chi connectivity index (χ2n) is 7.62. The van der Waals surface area contributed by atoms with Crippen LogP contribution in [0.15, 0.2) is 35.2 Å². The van der Waals surface area contributed by atoms with Crippen LogP contribution in [0.4, 0.5) is 0 Å². The van der Waals surface area contributed by atoms with Gasteiger partial charge in [-0.3, -0.25) is 4.79 Å². The molecule has 0 bridgehead atoms. The van der Waals surface area contributed by atoms with Crippen LogP contribution in [-0.2, 0) is 10.0 Å². The van der Waals surface area contributed by atoms with Crippen molar-refractivity contribution in [2.75, 3.05) is 26.2 Å². The molecule has 2 heterocycles. The summed E-state index contributed by atoms with van der Waals surface area (Å²) in [6, 6.07) is 8.02. The maximum atomic E-state index is 12.9. The van der Waals surface area contributed by atoms with Gasteiger partial charge in [-0.2, -0.15) is 9.29 Å². The van der Waals surface area contributed by atoms with Crippen LogP contribution in [-0.4, -0.2) is 65.8 Å². The van der Waals surface area contributed by atoms with Crippen LogP contribution in [0, 0.1) is 13.8 Å². The Balaban J connectivity index is 1.60. The van der Waals surface area contributed by atoms with Crippen LogP contribution >= 0.6 is 0 Å².